The van der Waals surface area contributed by atoms with Crippen LogP contribution in [0.15, 0.2) is 12.2 Å². The average Bonchev–Trinajstić information content (AvgIpc) is 3.04. The summed E-state index contributed by atoms with van der Waals surface area (Å²) in [5, 5.41) is 1.19. The smallest absolute Gasteiger partial charge is 0.312 e. The van der Waals surface area contributed by atoms with Gasteiger partial charge in [-0.25, -0.2) is 0 Å². The third kappa shape index (κ3) is 1.72. The Kier molecular flexibility index (Phi) is 2.45. The fraction of sp³-hybridized carbons (Fsp3) is 0.800. The predicted octanol–water partition coefficient (Wildman–Crippen LogP) is 2.40. The maximum absolute atomic E-state index is 12.3. The molecule has 4 rings (SSSR count). The molecule has 0 saturated carbocycles. The fourth-order valence-electron chi connectivity index (χ4n) is 4.18. The molecule has 7 unspecified atom stereocenters. The second-order valence-corrected chi connectivity index (χ2v) is 8.48. The molecule has 4 heteroatoms. The van der Waals surface area contributed by atoms with E-state index in [0.29, 0.717) is 22.3 Å². The van der Waals surface area contributed by atoms with Gasteiger partial charge in [0.05, 0.1) is 18.1 Å². The minimum Gasteiger partial charge on any atom is -0.460 e. The summed E-state index contributed by atoms with van der Waals surface area (Å²) in [5.41, 5.74) is -0.401. The Morgan fingerprint density at radius 1 is 1.26 bits per heavy atom. The molecule has 0 aromatic rings. The van der Waals surface area contributed by atoms with Crippen LogP contribution in [0.3, 0.4) is 0 Å². The molecule has 0 N–H and O–H groups in total. The minimum absolute atomic E-state index is 0.0428. The number of thioether (sulfide) groups is 1. The van der Waals surface area contributed by atoms with E-state index in [1.165, 1.54) is 0 Å². The third-order valence-electron chi connectivity index (χ3n) is 4.74. The zero-order chi connectivity index (χ0) is 13.4. The van der Waals surface area contributed by atoms with Crippen molar-refractivity contribution >= 4 is 17.7 Å². The van der Waals surface area contributed by atoms with Crippen LogP contribution in [0.5, 0.6) is 0 Å². The summed E-state index contributed by atoms with van der Waals surface area (Å²) in [6.07, 6.45) is 5.88. The Balaban J connectivity index is 1.54. The summed E-state index contributed by atoms with van der Waals surface area (Å²) in [7, 11) is 0. The Morgan fingerprint density at radius 2 is 1.95 bits per heavy atom. The molecule has 0 aromatic carbocycles. The van der Waals surface area contributed by atoms with Crippen LogP contribution in [0.25, 0.3) is 0 Å². The van der Waals surface area contributed by atoms with Gasteiger partial charge in [0.2, 0.25) is 0 Å². The van der Waals surface area contributed by atoms with Gasteiger partial charge in [0.25, 0.3) is 0 Å². The molecule has 19 heavy (non-hydrogen) atoms. The number of carbonyl (C=O) groups excluding carboxylic acids is 1. The van der Waals surface area contributed by atoms with E-state index in [-0.39, 0.29) is 24.1 Å². The summed E-state index contributed by atoms with van der Waals surface area (Å²) >= 11 is 2.05. The van der Waals surface area contributed by atoms with E-state index in [9.17, 15) is 4.79 Å². The van der Waals surface area contributed by atoms with E-state index in [1.54, 1.807) is 0 Å². The van der Waals surface area contributed by atoms with Gasteiger partial charge in [0.15, 0.2) is 0 Å². The molecule has 4 aliphatic rings. The van der Waals surface area contributed by atoms with Crippen molar-refractivity contribution in [2.45, 2.75) is 55.5 Å². The van der Waals surface area contributed by atoms with Gasteiger partial charge in [0, 0.05) is 22.3 Å². The Hall–Kier alpha value is -0.480. The highest BCUT2D eigenvalue weighted by Crippen LogP contribution is 2.61. The second-order valence-electron chi connectivity index (χ2n) is 7.12. The number of hydrogen-bond donors (Lipinski definition) is 0. The molecule has 0 aliphatic carbocycles. The highest BCUT2D eigenvalue weighted by molar-refractivity contribution is 8.01. The van der Waals surface area contributed by atoms with E-state index in [1.807, 2.05) is 20.8 Å². The molecule has 3 fully saturated rings. The number of ether oxygens (including phenoxy) is 2. The first kappa shape index (κ1) is 12.3. The SMILES string of the molecule is CC(C)(C)OC(=O)C1CC2OC1C1C3C=CC(S3)C21. The Bertz CT molecular complexity index is 453. The van der Waals surface area contributed by atoms with E-state index in [2.05, 4.69) is 23.9 Å². The second kappa shape index (κ2) is 3.79. The van der Waals surface area contributed by atoms with Gasteiger partial charge in [-0.2, -0.15) is 0 Å². The van der Waals surface area contributed by atoms with Gasteiger partial charge >= 0.3 is 5.97 Å². The minimum atomic E-state index is -0.401. The number of hydrogen-bond acceptors (Lipinski definition) is 4. The van der Waals surface area contributed by atoms with Crippen molar-refractivity contribution in [1.29, 1.82) is 0 Å². The van der Waals surface area contributed by atoms with Gasteiger partial charge in [0.1, 0.15) is 5.60 Å². The van der Waals surface area contributed by atoms with Crippen molar-refractivity contribution in [1.82, 2.24) is 0 Å². The quantitative estimate of drug-likeness (QED) is 0.546. The number of esters is 1. The molecule has 3 nitrogen and oxygen atoms in total. The highest BCUT2D eigenvalue weighted by Gasteiger charge is 2.64. The van der Waals surface area contributed by atoms with Crippen molar-refractivity contribution < 1.29 is 14.3 Å². The van der Waals surface area contributed by atoms with Gasteiger partial charge in [-0.1, -0.05) is 12.2 Å². The molecule has 4 aliphatic heterocycles. The molecule has 0 radical (unpaired) electrons. The molecule has 0 amide bonds. The lowest BCUT2D eigenvalue weighted by Gasteiger charge is -2.32. The zero-order valence-electron chi connectivity index (χ0n) is 11.5. The third-order valence-corrected chi connectivity index (χ3v) is 6.31. The molecule has 4 bridgehead atoms. The number of rotatable bonds is 1. The van der Waals surface area contributed by atoms with Crippen molar-refractivity contribution in [3.63, 3.8) is 0 Å². The fourth-order valence-corrected chi connectivity index (χ4v) is 5.97. The molecule has 3 saturated heterocycles. The lowest BCUT2D eigenvalue weighted by Crippen LogP contribution is -2.43. The first-order valence-electron chi connectivity index (χ1n) is 7.16. The maximum Gasteiger partial charge on any atom is 0.312 e. The van der Waals surface area contributed by atoms with Crippen LogP contribution in [0.2, 0.25) is 0 Å². The summed E-state index contributed by atoms with van der Waals surface area (Å²) in [4.78, 5) is 12.3. The first-order valence-corrected chi connectivity index (χ1v) is 8.10. The van der Waals surface area contributed by atoms with Crippen molar-refractivity contribution in [3.05, 3.63) is 12.2 Å². The van der Waals surface area contributed by atoms with Gasteiger partial charge in [-0.05, 0) is 27.2 Å². The molecule has 7 atom stereocenters. The van der Waals surface area contributed by atoms with E-state index in [0.717, 1.165) is 6.42 Å². The number of carbonyl (C=O) groups is 1. The first-order chi connectivity index (χ1) is 8.94. The Morgan fingerprint density at radius 3 is 2.63 bits per heavy atom. The maximum atomic E-state index is 12.3. The molecular formula is C15H20O3S. The molecule has 104 valence electrons. The van der Waals surface area contributed by atoms with E-state index >= 15 is 0 Å². The standard InChI is InChI=1S/C15H20O3S/c1-15(2,3)18-14(16)7-6-8-11-9-4-5-10(19-9)12(11)13(7)17-8/h4-5,7-13H,6H2,1-3H3. The van der Waals surface area contributed by atoms with E-state index in [4.69, 9.17) is 9.47 Å². The van der Waals surface area contributed by atoms with E-state index < -0.39 is 5.60 Å². The van der Waals surface area contributed by atoms with Crippen LogP contribution in [-0.2, 0) is 14.3 Å². The zero-order valence-corrected chi connectivity index (χ0v) is 12.4. The van der Waals surface area contributed by atoms with Crippen LogP contribution in [0.1, 0.15) is 27.2 Å². The largest absolute Gasteiger partial charge is 0.460 e. The molecule has 4 heterocycles. The predicted molar refractivity (Wildman–Crippen MR) is 73.9 cm³/mol. The van der Waals surface area contributed by atoms with Crippen LogP contribution in [0.4, 0.5) is 0 Å². The van der Waals surface area contributed by atoms with Crippen LogP contribution < -0.4 is 0 Å². The summed E-state index contributed by atoms with van der Waals surface area (Å²) in [5.74, 6) is 1.08. The summed E-state index contributed by atoms with van der Waals surface area (Å²) in [6, 6.07) is 0. The highest BCUT2D eigenvalue weighted by atomic mass is 32.2. The summed E-state index contributed by atoms with van der Waals surface area (Å²) in [6.45, 7) is 5.79. The lowest BCUT2D eigenvalue weighted by molar-refractivity contribution is -0.162. The molecule has 0 aromatic heterocycles. The number of fused-ring (bicyclic) bond motifs is 9. The Labute approximate surface area is 118 Å². The summed E-state index contributed by atoms with van der Waals surface area (Å²) < 4.78 is 11.7. The molecule has 0 spiro atoms. The van der Waals surface area contributed by atoms with Gasteiger partial charge in [-0.15, -0.1) is 11.8 Å². The van der Waals surface area contributed by atoms with Crippen LogP contribution in [0, 0.1) is 17.8 Å². The van der Waals surface area contributed by atoms with Crippen molar-refractivity contribution in [2.75, 3.05) is 0 Å². The topological polar surface area (TPSA) is 35.5 Å². The molecular weight excluding hydrogens is 260 g/mol. The monoisotopic (exact) mass is 280 g/mol. The average molecular weight is 280 g/mol. The van der Waals surface area contributed by atoms with Crippen LogP contribution in [-0.4, -0.2) is 34.3 Å². The van der Waals surface area contributed by atoms with Crippen molar-refractivity contribution in [2.24, 2.45) is 17.8 Å². The lowest BCUT2D eigenvalue weighted by atomic mass is 9.69. The van der Waals surface area contributed by atoms with Crippen molar-refractivity contribution in [3.8, 4) is 0 Å². The van der Waals surface area contributed by atoms with Crippen LogP contribution >= 0.6 is 11.8 Å². The normalized spacial score (nSPS) is 49.7. The van der Waals surface area contributed by atoms with Gasteiger partial charge in [-0.3, -0.25) is 4.79 Å². The van der Waals surface area contributed by atoms with Gasteiger partial charge < -0.3 is 9.47 Å².